The molecule has 23 heavy (non-hydrogen) atoms. The first-order valence-corrected chi connectivity index (χ1v) is 8.58. The van der Waals surface area contributed by atoms with Crippen molar-refractivity contribution in [2.45, 2.75) is 25.8 Å². The van der Waals surface area contributed by atoms with Crippen LogP contribution in [0.3, 0.4) is 0 Å². The van der Waals surface area contributed by atoms with Gasteiger partial charge < -0.3 is 15.4 Å². The zero-order valence-electron chi connectivity index (χ0n) is 13.1. The Bertz CT molecular complexity index is 619. The summed E-state index contributed by atoms with van der Waals surface area (Å²) in [6.07, 6.45) is 4.11. The van der Waals surface area contributed by atoms with Crippen molar-refractivity contribution in [3.63, 3.8) is 0 Å². The molecule has 0 radical (unpaired) electrons. The van der Waals surface area contributed by atoms with Gasteiger partial charge in [0.05, 0.1) is 0 Å². The van der Waals surface area contributed by atoms with E-state index in [1.165, 1.54) is 19.3 Å². The number of hydrogen-bond donors (Lipinski definition) is 2. The molecule has 124 valence electrons. The molecule has 0 saturated heterocycles. The van der Waals surface area contributed by atoms with E-state index in [9.17, 15) is 4.79 Å². The lowest BCUT2D eigenvalue weighted by molar-refractivity contribution is -0.118. The zero-order valence-corrected chi connectivity index (χ0v) is 13.9. The highest BCUT2D eigenvalue weighted by Gasteiger charge is 2.67. The van der Waals surface area contributed by atoms with Crippen molar-refractivity contribution < 1.29 is 9.53 Å². The summed E-state index contributed by atoms with van der Waals surface area (Å²) in [6.45, 7) is 2.37. The number of amides is 1. The molecular formula is C18H23ClN2O2. The molecule has 1 amide bonds. The van der Waals surface area contributed by atoms with Gasteiger partial charge in [-0.25, -0.2) is 0 Å². The molecule has 1 aliphatic heterocycles. The Balaban J connectivity index is 0.00000135. The molecule has 4 unspecified atom stereocenters. The fraction of sp³-hybridized carbons (Fsp3) is 0.611. The predicted molar refractivity (Wildman–Crippen MR) is 90.8 cm³/mol. The Hall–Kier alpha value is -1.26. The van der Waals surface area contributed by atoms with Crippen LogP contribution in [0, 0.1) is 29.6 Å². The van der Waals surface area contributed by atoms with E-state index in [0.717, 1.165) is 41.9 Å². The Morgan fingerprint density at radius 1 is 1.22 bits per heavy atom. The summed E-state index contributed by atoms with van der Waals surface area (Å²) >= 11 is 0. The maximum absolute atomic E-state index is 12.6. The lowest BCUT2D eigenvalue weighted by Crippen LogP contribution is -2.19. The lowest BCUT2D eigenvalue weighted by Gasteiger charge is -2.12. The summed E-state index contributed by atoms with van der Waals surface area (Å²) in [4.78, 5) is 12.6. The summed E-state index contributed by atoms with van der Waals surface area (Å²) in [5.41, 5.74) is 2.04. The van der Waals surface area contributed by atoms with Crippen LogP contribution in [0.25, 0.3) is 0 Å². The number of carbonyl (C=O) groups excluding carboxylic acids is 1. The fourth-order valence-electron chi connectivity index (χ4n) is 5.29. The second-order valence-corrected chi connectivity index (χ2v) is 7.35. The van der Waals surface area contributed by atoms with E-state index in [-0.39, 0.29) is 18.3 Å². The third-order valence-electron chi connectivity index (χ3n) is 6.22. The molecule has 2 N–H and O–H groups in total. The molecule has 3 fully saturated rings. The van der Waals surface area contributed by atoms with E-state index >= 15 is 0 Å². The van der Waals surface area contributed by atoms with E-state index in [4.69, 9.17) is 4.74 Å². The zero-order chi connectivity index (χ0) is 14.7. The predicted octanol–water partition coefficient (Wildman–Crippen LogP) is 2.82. The van der Waals surface area contributed by atoms with Crippen LogP contribution in [0.2, 0.25) is 0 Å². The second kappa shape index (κ2) is 5.67. The quantitative estimate of drug-likeness (QED) is 0.874. The number of carbonyl (C=O) groups is 1. The molecule has 4 nitrogen and oxygen atoms in total. The topological polar surface area (TPSA) is 50.4 Å². The second-order valence-electron chi connectivity index (χ2n) is 7.35. The van der Waals surface area contributed by atoms with Gasteiger partial charge in [-0.2, -0.15) is 0 Å². The van der Waals surface area contributed by atoms with Crippen LogP contribution in [0.5, 0.6) is 5.75 Å². The van der Waals surface area contributed by atoms with Gasteiger partial charge in [-0.15, -0.1) is 12.4 Å². The van der Waals surface area contributed by atoms with Crippen molar-refractivity contribution in [3.8, 4) is 5.75 Å². The molecule has 1 aromatic carbocycles. The SMILES string of the molecule is Cl.O=C(Nc1ccc2c(c1)CNCCO2)C1C2C3CCC(C3)C12. The number of benzene rings is 1. The number of hydrogen-bond acceptors (Lipinski definition) is 3. The maximum Gasteiger partial charge on any atom is 0.228 e. The van der Waals surface area contributed by atoms with Gasteiger partial charge in [0, 0.05) is 30.3 Å². The van der Waals surface area contributed by atoms with Crippen LogP contribution in [0.1, 0.15) is 24.8 Å². The van der Waals surface area contributed by atoms with Gasteiger partial charge in [0.25, 0.3) is 0 Å². The Morgan fingerprint density at radius 2 is 2.00 bits per heavy atom. The van der Waals surface area contributed by atoms with E-state index in [2.05, 4.69) is 16.7 Å². The lowest BCUT2D eigenvalue weighted by atomic mass is 10.0. The summed E-state index contributed by atoms with van der Waals surface area (Å²) < 4.78 is 5.69. The molecule has 5 rings (SSSR count). The molecule has 0 aromatic heterocycles. The molecule has 2 bridgehead atoms. The molecule has 4 aliphatic rings. The number of anilines is 1. The van der Waals surface area contributed by atoms with Crippen LogP contribution in [0.15, 0.2) is 18.2 Å². The monoisotopic (exact) mass is 334 g/mol. The van der Waals surface area contributed by atoms with Gasteiger partial charge in [-0.1, -0.05) is 0 Å². The molecule has 0 spiro atoms. The van der Waals surface area contributed by atoms with E-state index < -0.39 is 0 Å². The highest BCUT2D eigenvalue weighted by Crippen LogP contribution is 2.69. The standard InChI is InChI=1S/C18H22N2O2.ClH/c21-18(17-15-10-1-2-11(7-10)16(15)17)20-13-3-4-14-12(8-13)9-19-5-6-22-14;/h3-4,8,10-11,15-17,19H,1-2,5-7,9H2,(H,20,21);1H. The smallest absolute Gasteiger partial charge is 0.228 e. The van der Waals surface area contributed by atoms with Gasteiger partial charge in [0.15, 0.2) is 0 Å². The van der Waals surface area contributed by atoms with Crippen LogP contribution < -0.4 is 15.4 Å². The first kappa shape index (κ1) is 15.3. The average Bonchev–Trinajstić information content (AvgIpc) is 3.08. The van der Waals surface area contributed by atoms with Gasteiger partial charge in [0.1, 0.15) is 12.4 Å². The van der Waals surface area contributed by atoms with Crippen molar-refractivity contribution in [1.82, 2.24) is 5.32 Å². The van der Waals surface area contributed by atoms with Crippen LogP contribution in [-0.4, -0.2) is 19.1 Å². The van der Waals surface area contributed by atoms with Gasteiger partial charge >= 0.3 is 0 Å². The number of fused-ring (bicyclic) bond motifs is 6. The molecule has 3 saturated carbocycles. The van der Waals surface area contributed by atoms with E-state index in [1.54, 1.807) is 0 Å². The summed E-state index contributed by atoms with van der Waals surface area (Å²) in [5, 5.41) is 6.48. The van der Waals surface area contributed by atoms with E-state index in [1.807, 2.05) is 12.1 Å². The highest BCUT2D eigenvalue weighted by atomic mass is 35.5. The minimum Gasteiger partial charge on any atom is -0.492 e. The minimum absolute atomic E-state index is 0. The largest absolute Gasteiger partial charge is 0.492 e. The number of halogens is 1. The van der Waals surface area contributed by atoms with Gasteiger partial charge in [0.2, 0.25) is 5.91 Å². The van der Waals surface area contributed by atoms with Crippen LogP contribution in [-0.2, 0) is 11.3 Å². The number of rotatable bonds is 2. The Kier molecular flexibility index (Phi) is 3.77. The molecule has 3 aliphatic carbocycles. The van der Waals surface area contributed by atoms with Crippen LogP contribution in [0.4, 0.5) is 5.69 Å². The molecular weight excluding hydrogens is 312 g/mol. The van der Waals surface area contributed by atoms with Gasteiger partial charge in [-0.3, -0.25) is 4.79 Å². The fourth-order valence-corrected chi connectivity index (χ4v) is 5.29. The van der Waals surface area contributed by atoms with Crippen molar-refractivity contribution in [3.05, 3.63) is 23.8 Å². The molecule has 1 heterocycles. The van der Waals surface area contributed by atoms with Gasteiger partial charge in [-0.05, 0) is 61.1 Å². The first-order valence-electron chi connectivity index (χ1n) is 8.58. The summed E-state index contributed by atoms with van der Waals surface area (Å²) in [5.74, 6) is 4.55. The Labute approximate surface area is 142 Å². The summed E-state index contributed by atoms with van der Waals surface area (Å²) in [6, 6.07) is 6.00. The van der Waals surface area contributed by atoms with E-state index in [0.29, 0.717) is 24.4 Å². The summed E-state index contributed by atoms with van der Waals surface area (Å²) in [7, 11) is 0. The minimum atomic E-state index is 0. The third kappa shape index (κ3) is 2.43. The molecule has 5 heteroatoms. The van der Waals surface area contributed by atoms with Crippen molar-refractivity contribution in [2.75, 3.05) is 18.5 Å². The Morgan fingerprint density at radius 3 is 2.78 bits per heavy atom. The number of ether oxygens (including phenoxy) is 1. The maximum atomic E-state index is 12.6. The van der Waals surface area contributed by atoms with Crippen molar-refractivity contribution >= 4 is 24.0 Å². The average molecular weight is 335 g/mol. The van der Waals surface area contributed by atoms with Crippen LogP contribution >= 0.6 is 12.4 Å². The third-order valence-corrected chi connectivity index (χ3v) is 6.22. The highest BCUT2D eigenvalue weighted by molar-refractivity contribution is 5.95. The molecule has 1 aromatic rings. The van der Waals surface area contributed by atoms with Crippen molar-refractivity contribution in [1.29, 1.82) is 0 Å². The first-order chi connectivity index (χ1) is 10.8. The van der Waals surface area contributed by atoms with Crippen molar-refractivity contribution in [2.24, 2.45) is 29.6 Å². The molecule has 4 atom stereocenters. The number of nitrogens with one attached hydrogen (secondary N) is 2. The normalized spacial score (nSPS) is 36.1.